The van der Waals surface area contributed by atoms with E-state index in [2.05, 4.69) is 22.2 Å². The molecule has 2 heterocycles. The molecule has 0 aromatic carbocycles. The van der Waals surface area contributed by atoms with Gasteiger partial charge in [-0.05, 0) is 44.8 Å². The highest BCUT2D eigenvalue weighted by atomic mass is 16.3. The van der Waals surface area contributed by atoms with E-state index in [1.54, 1.807) is 0 Å². The van der Waals surface area contributed by atoms with Gasteiger partial charge >= 0.3 is 0 Å². The lowest BCUT2D eigenvalue weighted by Crippen LogP contribution is -2.47. The highest BCUT2D eigenvalue weighted by Crippen LogP contribution is 2.25. The molecular formula is C13H27N3O. The van der Waals surface area contributed by atoms with Crippen molar-refractivity contribution in [1.82, 2.24) is 15.1 Å². The van der Waals surface area contributed by atoms with Crippen molar-refractivity contribution < 1.29 is 5.11 Å². The first kappa shape index (κ1) is 13.3. The molecule has 17 heavy (non-hydrogen) atoms. The fourth-order valence-corrected chi connectivity index (χ4v) is 3.08. The lowest BCUT2D eigenvalue weighted by atomic mass is 9.84. The number of aliphatic hydroxyl groups excluding tert-OH is 1. The molecule has 0 aromatic rings. The van der Waals surface area contributed by atoms with Crippen molar-refractivity contribution in [3.63, 3.8) is 0 Å². The molecule has 2 rings (SSSR count). The van der Waals surface area contributed by atoms with Crippen LogP contribution in [0.4, 0.5) is 0 Å². The first-order valence-electron chi connectivity index (χ1n) is 7.02. The number of likely N-dealkylation sites (tertiary alicyclic amines) is 1. The Kier molecular flexibility index (Phi) is 5.22. The van der Waals surface area contributed by atoms with Crippen LogP contribution >= 0.6 is 0 Å². The summed E-state index contributed by atoms with van der Waals surface area (Å²) >= 11 is 0. The fraction of sp³-hybridized carbons (Fsp3) is 1.00. The third kappa shape index (κ3) is 3.91. The van der Waals surface area contributed by atoms with Crippen molar-refractivity contribution in [3.05, 3.63) is 0 Å². The van der Waals surface area contributed by atoms with Crippen LogP contribution in [-0.2, 0) is 0 Å². The Hall–Kier alpha value is -0.160. The van der Waals surface area contributed by atoms with Gasteiger partial charge in [0.2, 0.25) is 0 Å². The molecule has 0 radical (unpaired) electrons. The Labute approximate surface area is 105 Å². The summed E-state index contributed by atoms with van der Waals surface area (Å²) in [6, 6.07) is 0. The molecule has 0 bridgehead atoms. The van der Waals surface area contributed by atoms with Gasteiger partial charge in [-0.15, -0.1) is 0 Å². The monoisotopic (exact) mass is 241 g/mol. The molecule has 0 aliphatic carbocycles. The molecule has 4 heteroatoms. The van der Waals surface area contributed by atoms with E-state index in [-0.39, 0.29) is 0 Å². The fourth-order valence-electron chi connectivity index (χ4n) is 3.08. The summed E-state index contributed by atoms with van der Waals surface area (Å²) in [5.74, 6) is 1.22. The predicted molar refractivity (Wildman–Crippen MR) is 70.1 cm³/mol. The third-order valence-electron chi connectivity index (χ3n) is 4.37. The summed E-state index contributed by atoms with van der Waals surface area (Å²) in [6.45, 7) is 8.33. The second-order valence-electron chi connectivity index (χ2n) is 5.63. The van der Waals surface area contributed by atoms with Crippen LogP contribution in [0.5, 0.6) is 0 Å². The van der Waals surface area contributed by atoms with Crippen molar-refractivity contribution in [1.29, 1.82) is 0 Å². The Balaban J connectivity index is 1.78. The van der Waals surface area contributed by atoms with Gasteiger partial charge < -0.3 is 20.2 Å². The van der Waals surface area contributed by atoms with Crippen LogP contribution in [0.15, 0.2) is 0 Å². The smallest absolute Gasteiger partial charge is 0.0474 e. The summed E-state index contributed by atoms with van der Waals surface area (Å²) in [6.07, 6.45) is 2.52. The van der Waals surface area contributed by atoms with Crippen molar-refractivity contribution in [2.24, 2.45) is 11.8 Å². The zero-order chi connectivity index (χ0) is 12.1. The lowest BCUT2D eigenvalue weighted by molar-refractivity contribution is 0.0809. The number of piperazine rings is 1. The summed E-state index contributed by atoms with van der Waals surface area (Å²) in [7, 11) is 2.19. The van der Waals surface area contributed by atoms with E-state index in [9.17, 15) is 5.11 Å². The van der Waals surface area contributed by atoms with Crippen molar-refractivity contribution in [2.75, 3.05) is 59.5 Å². The lowest BCUT2D eigenvalue weighted by Gasteiger charge is -2.37. The van der Waals surface area contributed by atoms with Gasteiger partial charge in [-0.3, -0.25) is 0 Å². The van der Waals surface area contributed by atoms with E-state index in [1.807, 2.05) is 0 Å². The molecule has 2 aliphatic rings. The van der Waals surface area contributed by atoms with E-state index in [4.69, 9.17) is 0 Å². The van der Waals surface area contributed by atoms with Crippen molar-refractivity contribution in [3.8, 4) is 0 Å². The number of piperidine rings is 1. The Bertz CT molecular complexity index is 211. The molecule has 0 spiro atoms. The quantitative estimate of drug-likeness (QED) is 0.717. The second-order valence-corrected chi connectivity index (χ2v) is 5.63. The predicted octanol–water partition coefficient (Wildman–Crippen LogP) is -0.158. The highest BCUT2D eigenvalue weighted by Gasteiger charge is 2.26. The minimum atomic E-state index is 0.359. The van der Waals surface area contributed by atoms with Gasteiger partial charge in [0.15, 0.2) is 0 Å². The Morgan fingerprint density at radius 2 is 1.82 bits per heavy atom. The average molecular weight is 241 g/mol. The summed E-state index contributed by atoms with van der Waals surface area (Å²) in [5, 5.41) is 13.0. The van der Waals surface area contributed by atoms with Gasteiger partial charge in [0.25, 0.3) is 0 Å². The molecule has 0 saturated carbocycles. The van der Waals surface area contributed by atoms with E-state index in [0.29, 0.717) is 12.5 Å². The van der Waals surface area contributed by atoms with Gasteiger partial charge in [-0.2, -0.15) is 0 Å². The zero-order valence-electron chi connectivity index (χ0n) is 11.1. The molecule has 2 saturated heterocycles. The number of nitrogens with zero attached hydrogens (tertiary/aromatic N) is 2. The topological polar surface area (TPSA) is 38.7 Å². The third-order valence-corrected chi connectivity index (χ3v) is 4.37. The summed E-state index contributed by atoms with van der Waals surface area (Å²) < 4.78 is 0. The van der Waals surface area contributed by atoms with Crippen molar-refractivity contribution >= 4 is 0 Å². The summed E-state index contributed by atoms with van der Waals surface area (Å²) in [4.78, 5) is 4.91. The average Bonchev–Trinajstić information content (AvgIpc) is 2.38. The maximum Gasteiger partial charge on any atom is 0.0474 e. The zero-order valence-corrected chi connectivity index (χ0v) is 11.1. The summed E-state index contributed by atoms with van der Waals surface area (Å²) in [5.41, 5.74) is 0. The molecule has 0 amide bonds. The standard InChI is InChI=1S/C13H27N3O/c1-15-6-2-12(3-7-15)13(11-17)10-16-8-4-14-5-9-16/h12-14,17H,2-11H2,1H3. The highest BCUT2D eigenvalue weighted by molar-refractivity contribution is 4.80. The number of aliphatic hydroxyl groups is 1. The minimum Gasteiger partial charge on any atom is -0.396 e. The number of hydrogen-bond donors (Lipinski definition) is 2. The van der Waals surface area contributed by atoms with Crippen LogP contribution in [0.1, 0.15) is 12.8 Å². The Morgan fingerprint density at radius 3 is 2.41 bits per heavy atom. The molecule has 2 fully saturated rings. The van der Waals surface area contributed by atoms with Crippen LogP contribution in [0.2, 0.25) is 0 Å². The Morgan fingerprint density at radius 1 is 1.18 bits per heavy atom. The van der Waals surface area contributed by atoms with E-state index in [1.165, 1.54) is 25.9 Å². The molecule has 1 unspecified atom stereocenters. The van der Waals surface area contributed by atoms with Crippen LogP contribution < -0.4 is 5.32 Å². The van der Waals surface area contributed by atoms with Gasteiger partial charge in [-0.1, -0.05) is 0 Å². The van der Waals surface area contributed by atoms with Crippen molar-refractivity contribution in [2.45, 2.75) is 12.8 Å². The van der Waals surface area contributed by atoms with E-state index in [0.717, 1.165) is 38.6 Å². The molecular weight excluding hydrogens is 214 g/mol. The first-order valence-corrected chi connectivity index (χ1v) is 7.02. The van der Waals surface area contributed by atoms with Gasteiger partial charge in [0.05, 0.1) is 0 Å². The first-order chi connectivity index (χ1) is 8.29. The molecule has 100 valence electrons. The van der Waals surface area contributed by atoms with Gasteiger partial charge in [0, 0.05) is 39.3 Å². The van der Waals surface area contributed by atoms with Crippen LogP contribution in [0.25, 0.3) is 0 Å². The van der Waals surface area contributed by atoms with E-state index >= 15 is 0 Å². The molecule has 2 N–H and O–H groups in total. The second kappa shape index (κ2) is 6.69. The maximum absolute atomic E-state index is 9.62. The molecule has 2 aliphatic heterocycles. The van der Waals surface area contributed by atoms with Crippen LogP contribution in [0, 0.1) is 11.8 Å². The normalized spacial score (nSPS) is 27.2. The largest absolute Gasteiger partial charge is 0.396 e. The van der Waals surface area contributed by atoms with Crippen LogP contribution in [-0.4, -0.2) is 74.4 Å². The number of hydrogen-bond acceptors (Lipinski definition) is 4. The molecule has 4 nitrogen and oxygen atoms in total. The van der Waals surface area contributed by atoms with Gasteiger partial charge in [-0.25, -0.2) is 0 Å². The SMILES string of the molecule is CN1CCC(C(CO)CN2CCNCC2)CC1. The molecule has 1 atom stereocenters. The van der Waals surface area contributed by atoms with E-state index < -0.39 is 0 Å². The van der Waals surface area contributed by atoms with Gasteiger partial charge in [0.1, 0.15) is 0 Å². The minimum absolute atomic E-state index is 0.359. The number of nitrogens with one attached hydrogen (secondary N) is 1. The number of rotatable bonds is 4. The molecule has 0 aromatic heterocycles. The maximum atomic E-state index is 9.62. The van der Waals surface area contributed by atoms with Crippen LogP contribution in [0.3, 0.4) is 0 Å².